The number of aromatic nitrogens is 1. The molecule has 5 nitrogen and oxygen atoms in total. The number of esters is 1. The molecule has 0 aliphatic heterocycles. The molecule has 1 atom stereocenters. The first-order valence-corrected chi connectivity index (χ1v) is 9.18. The van der Waals surface area contributed by atoms with E-state index >= 15 is 0 Å². The molecule has 1 N–H and O–H groups in total. The minimum absolute atomic E-state index is 0.273. The van der Waals surface area contributed by atoms with E-state index in [1.165, 1.54) is 0 Å². The largest absolute Gasteiger partial charge is 0.449 e. The molecule has 1 amide bonds. The lowest BCUT2D eigenvalue weighted by molar-refractivity contribution is -0.129. The summed E-state index contributed by atoms with van der Waals surface area (Å²) < 4.78 is 7.58. The van der Waals surface area contributed by atoms with Crippen molar-refractivity contribution in [2.75, 3.05) is 6.54 Å². The quantitative estimate of drug-likeness (QED) is 0.776. The summed E-state index contributed by atoms with van der Waals surface area (Å²) >= 11 is 0. The third kappa shape index (κ3) is 4.15. The van der Waals surface area contributed by atoms with E-state index in [9.17, 15) is 9.59 Å². The smallest absolute Gasteiger partial charge is 0.340 e. The maximum Gasteiger partial charge on any atom is 0.340 e. The highest BCUT2D eigenvalue weighted by atomic mass is 16.5. The van der Waals surface area contributed by atoms with E-state index in [0.717, 1.165) is 36.2 Å². The second-order valence-corrected chi connectivity index (χ2v) is 6.96. The van der Waals surface area contributed by atoms with Gasteiger partial charge in [0.25, 0.3) is 5.91 Å². The van der Waals surface area contributed by atoms with Gasteiger partial charge in [0.1, 0.15) is 0 Å². The predicted octanol–water partition coefficient (Wildman–Crippen LogP) is 3.34. The normalized spacial score (nSPS) is 14.7. The third-order valence-electron chi connectivity index (χ3n) is 4.83. The van der Waals surface area contributed by atoms with Crippen molar-refractivity contribution in [3.05, 3.63) is 58.9 Å². The molecule has 2 aromatic rings. The Labute approximate surface area is 154 Å². The SMILES string of the molecule is Cc1cc(C(=O)O[C@H](C)C(=O)NCCc2ccccc2)c(C)n1C1CC1. The van der Waals surface area contributed by atoms with E-state index in [1.54, 1.807) is 6.92 Å². The van der Waals surface area contributed by atoms with Crippen LogP contribution in [-0.2, 0) is 16.0 Å². The van der Waals surface area contributed by atoms with Crippen molar-refractivity contribution in [3.8, 4) is 0 Å². The Balaban J connectivity index is 1.52. The number of nitrogens with one attached hydrogen (secondary N) is 1. The average Bonchev–Trinajstić information content (AvgIpc) is 3.40. The predicted molar refractivity (Wildman–Crippen MR) is 100 cm³/mol. The molecular weight excluding hydrogens is 328 g/mol. The van der Waals surface area contributed by atoms with Gasteiger partial charge in [-0.05, 0) is 51.7 Å². The lowest BCUT2D eigenvalue weighted by Crippen LogP contribution is -2.37. The maximum atomic E-state index is 12.5. The third-order valence-corrected chi connectivity index (χ3v) is 4.83. The number of aryl methyl sites for hydroxylation is 1. The fraction of sp³-hybridized carbons (Fsp3) is 0.429. The highest BCUT2D eigenvalue weighted by molar-refractivity contribution is 5.93. The van der Waals surface area contributed by atoms with Crippen LogP contribution < -0.4 is 5.32 Å². The van der Waals surface area contributed by atoms with E-state index < -0.39 is 12.1 Å². The summed E-state index contributed by atoms with van der Waals surface area (Å²) in [7, 11) is 0. The van der Waals surface area contributed by atoms with Crippen LogP contribution in [0.5, 0.6) is 0 Å². The van der Waals surface area contributed by atoms with E-state index in [2.05, 4.69) is 9.88 Å². The standard InChI is InChI=1S/C21H26N2O3/c1-14-13-19(15(2)23(14)18-9-10-18)21(25)26-16(3)20(24)22-12-11-17-7-5-4-6-8-17/h4-8,13,16,18H,9-12H2,1-3H3,(H,22,24)/t16-/m1/s1. The van der Waals surface area contributed by atoms with E-state index in [4.69, 9.17) is 4.74 Å². The average molecular weight is 354 g/mol. The van der Waals surface area contributed by atoms with E-state index in [1.807, 2.05) is 50.2 Å². The summed E-state index contributed by atoms with van der Waals surface area (Å²) in [5.74, 6) is -0.707. The first kappa shape index (κ1) is 18.2. The molecular formula is C21H26N2O3. The zero-order valence-electron chi connectivity index (χ0n) is 15.6. The Morgan fingerprint density at radius 3 is 2.58 bits per heavy atom. The first-order chi connectivity index (χ1) is 12.5. The summed E-state index contributed by atoms with van der Waals surface area (Å²) in [5.41, 5.74) is 3.70. The molecule has 1 aromatic heterocycles. The highest BCUT2D eigenvalue weighted by Gasteiger charge is 2.29. The minimum atomic E-state index is -0.817. The number of nitrogens with zero attached hydrogens (tertiary/aromatic N) is 1. The number of ether oxygens (including phenoxy) is 1. The molecule has 0 radical (unpaired) electrons. The van der Waals surface area contributed by atoms with Crippen molar-refractivity contribution >= 4 is 11.9 Å². The molecule has 3 rings (SSSR count). The van der Waals surface area contributed by atoms with Gasteiger partial charge in [0.05, 0.1) is 5.56 Å². The Kier molecular flexibility index (Phi) is 5.45. The molecule has 1 aliphatic carbocycles. The van der Waals surface area contributed by atoms with Crippen LogP contribution in [0.3, 0.4) is 0 Å². The van der Waals surface area contributed by atoms with Crippen molar-refractivity contribution in [1.29, 1.82) is 0 Å². The molecule has 26 heavy (non-hydrogen) atoms. The fourth-order valence-corrected chi connectivity index (χ4v) is 3.27. The van der Waals surface area contributed by atoms with Crippen molar-refractivity contribution in [3.63, 3.8) is 0 Å². The van der Waals surface area contributed by atoms with Gasteiger partial charge in [0.2, 0.25) is 0 Å². The summed E-state index contributed by atoms with van der Waals surface area (Å²) in [4.78, 5) is 24.7. The van der Waals surface area contributed by atoms with Gasteiger partial charge in [-0.3, -0.25) is 4.79 Å². The van der Waals surface area contributed by atoms with Crippen molar-refractivity contribution < 1.29 is 14.3 Å². The van der Waals surface area contributed by atoms with Crippen LogP contribution in [-0.4, -0.2) is 29.1 Å². The summed E-state index contributed by atoms with van der Waals surface area (Å²) in [6, 6.07) is 12.3. The number of rotatable bonds is 7. The van der Waals surface area contributed by atoms with Crippen LogP contribution in [0, 0.1) is 13.8 Å². The number of carbonyl (C=O) groups excluding carboxylic acids is 2. The molecule has 0 unspecified atom stereocenters. The van der Waals surface area contributed by atoms with Crippen LogP contribution in [0.2, 0.25) is 0 Å². The van der Waals surface area contributed by atoms with Gasteiger partial charge >= 0.3 is 5.97 Å². The van der Waals surface area contributed by atoms with Crippen molar-refractivity contribution in [2.45, 2.75) is 52.2 Å². The lowest BCUT2D eigenvalue weighted by Gasteiger charge is -2.14. The van der Waals surface area contributed by atoms with E-state index in [0.29, 0.717) is 18.2 Å². The van der Waals surface area contributed by atoms with Crippen molar-refractivity contribution in [1.82, 2.24) is 9.88 Å². The summed E-state index contributed by atoms with van der Waals surface area (Å²) in [5, 5.41) is 2.83. The molecule has 1 saturated carbocycles. The number of hydrogen-bond donors (Lipinski definition) is 1. The van der Waals surface area contributed by atoms with Crippen molar-refractivity contribution in [2.24, 2.45) is 0 Å². The Morgan fingerprint density at radius 2 is 1.92 bits per heavy atom. The van der Waals surface area contributed by atoms with Gasteiger partial charge in [-0.25, -0.2) is 4.79 Å². The summed E-state index contributed by atoms with van der Waals surface area (Å²) in [6.07, 6.45) is 2.24. The Morgan fingerprint density at radius 1 is 1.23 bits per heavy atom. The molecule has 0 saturated heterocycles. The van der Waals surface area contributed by atoms with Crippen LogP contribution in [0.25, 0.3) is 0 Å². The topological polar surface area (TPSA) is 60.3 Å². The monoisotopic (exact) mass is 354 g/mol. The molecule has 1 aromatic carbocycles. The zero-order chi connectivity index (χ0) is 18.7. The second-order valence-electron chi connectivity index (χ2n) is 6.96. The van der Waals surface area contributed by atoms with E-state index in [-0.39, 0.29) is 5.91 Å². The lowest BCUT2D eigenvalue weighted by atomic mass is 10.1. The maximum absolute atomic E-state index is 12.5. The Hall–Kier alpha value is -2.56. The number of benzene rings is 1. The van der Waals surface area contributed by atoms with Gasteiger partial charge < -0.3 is 14.6 Å². The van der Waals surface area contributed by atoms with Crippen LogP contribution in [0.1, 0.15) is 53.1 Å². The van der Waals surface area contributed by atoms with Crippen LogP contribution >= 0.6 is 0 Å². The Bertz CT molecular complexity index is 791. The fourth-order valence-electron chi connectivity index (χ4n) is 3.27. The van der Waals surface area contributed by atoms with Crippen LogP contribution in [0.4, 0.5) is 0 Å². The zero-order valence-corrected chi connectivity index (χ0v) is 15.6. The number of hydrogen-bond acceptors (Lipinski definition) is 3. The molecule has 1 heterocycles. The van der Waals surface area contributed by atoms with Gasteiger partial charge in [0, 0.05) is 24.0 Å². The first-order valence-electron chi connectivity index (χ1n) is 9.18. The van der Waals surface area contributed by atoms with Gasteiger partial charge in [-0.15, -0.1) is 0 Å². The molecule has 0 spiro atoms. The molecule has 1 fully saturated rings. The number of amides is 1. The van der Waals surface area contributed by atoms with Gasteiger partial charge in [0.15, 0.2) is 6.10 Å². The highest BCUT2D eigenvalue weighted by Crippen LogP contribution is 2.38. The van der Waals surface area contributed by atoms with Crippen LogP contribution in [0.15, 0.2) is 36.4 Å². The molecule has 1 aliphatic rings. The molecule has 0 bridgehead atoms. The number of carbonyl (C=O) groups is 2. The second kappa shape index (κ2) is 7.77. The molecule has 5 heteroatoms. The summed E-state index contributed by atoms with van der Waals surface area (Å²) in [6.45, 7) is 6.06. The molecule has 138 valence electrons. The van der Waals surface area contributed by atoms with Gasteiger partial charge in [-0.2, -0.15) is 0 Å². The minimum Gasteiger partial charge on any atom is -0.449 e. The van der Waals surface area contributed by atoms with Gasteiger partial charge in [-0.1, -0.05) is 30.3 Å².